The van der Waals surface area contributed by atoms with Crippen molar-refractivity contribution in [3.05, 3.63) is 17.6 Å². The Balaban J connectivity index is 2.28. The van der Waals surface area contributed by atoms with Crippen LogP contribution in [0.15, 0.2) is 6.07 Å². The average Bonchev–Trinajstić information content (AvgIpc) is 3.09. The van der Waals surface area contributed by atoms with Crippen LogP contribution in [0.5, 0.6) is 0 Å². The Kier molecular flexibility index (Phi) is 6.72. The molecule has 0 aliphatic carbocycles. The average molecular weight is 371 g/mol. The Bertz CT molecular complexity index is 669. The summed E-state index contributed by atoms with van der Waals surface area (Å²) in [4.78, 5) is 11.2. The predicted octanol–water partition coefficient (Wildman–Crippen LogP) is 0.986. The number of hydrogen-bond donors (Lipinski definition) is 1. The van der Waals surface area contributed by atoms with Crippen molar-refractivity contribution in [2.45, 2.75) is 39.3 Å². The fourth-order valence-electron chi connectivity index (χ4n) is 2.93. The third-order valence-electron chi connectivity index (χ3n) is 4.42. The van der Waals surface area contributed by atoms with Gasteiger partial charge in [-0.05, 0) is 19.4 Å². The van der Waals surface area contributed by atoms with Crippen LogP contribution in [0, 0.1) is 0 Å². The van der Waals surface area contributed by atoms with Gasteiger partial charge in [-0.1, -0.05) is 13.8 Å². The summed E-state index contributed by atoms with van der Waals surface area (Å²) >= 11 is 0. The molecule has 0 spiro atoms. The van der Waals surface area contributed by atoms with Gasteiger partial charge in [0.2, 0.25) is 0 Å². The SMILES string of the molecule is CCN(CC)S(=O)(=O)N(C)Cc1cc(N(C)C)nc([C@H]2CCCN2)n1. The molecule has 25 heavy (non-hydrogen) atoms. The van der Waals surface area contributed by atoms with E-state index in [1.165, 1.54) is 8.61 Å². The second-order valence-electron chi connectivity index (χ2n) is 6.47. The fourth-order valence-corrected chi connectivity index (χ4v) is 4.27. The molecule has 1 aliphatic rings. The van der Waals surface area contributed by atoms with Crippen LogP contribution in [-0.2, 0) is 16.8 Å². The highest BCUT2D eigenvalue weighted by molar-refractivity contribution is 7.86. The Labute approximate surface area is 151 Å². The van der Waals surface area contributed by atoms with Gasteiger partial charge in [0.25, 0.3) is 10.2 Å². The van der Waals surface area contributed by atoms with E-state index in [4.69, 9.17) is 0 Å². The molecule has 0 radical (unpaired) electrons. The van der Waals surface area contributed by atoms with Gasteiger partial charge >= 0.3 is 0 Å². The molecule has 1 saturated heterocycles. The number of nitrogens with one attached hydrogen (secondary N) is 1. The monoisotopic (exact) mass is 370 g/mol. The van der Waals surface area contributed by atoms with Gasteiger partial charge in [0.15, 0.2) is 0 Å². The van der Waals surface area contributed by atoms with Crippen LogP contribution in [0.4, 0.5) is 5.82 Å². The summed E-state index contributed by atoms with van der Waals surface area (Å²) in [5.41, 5.74) is 0.709. The topological polar surface area (TPSA) is 81.7 Å². The summed E-state index contributed by atoms with van der Waals surface area (Å²) in [7, 11) is 1.96. The first kappa shape index (κ1) is 20.0. The van der Waals surface area contributed by atoms with Crippen LogP contribution in [0.3, 0.4) is 0 Å². The van der Waals surface area contributed by atoms with E-state index in [9.17, 15) is 8.42 Å². The van der Waals surface area contributed by atoms with Crippen LogP contribution < -0.4 is 10.2 Å². The Hall–Kier alpha value is -1.29. The summed E-state index contributed by atoms with van der Waals surface area (Å²) in [5.74, 6) is 1.54. The first-order valence-electron chi connectivity index (χ1n) is 8.79. The summed E-state index contributed by atoms with van der Waals surface area (Å²) in [6.07, 6.45) is 2.11. The molecule has 0 unspecified atom stereocenters. The molecule has 0 bridgehead atoms. The Morgan fingerprint density at radius 3 is 2.40 bits per heavy atom. The van der Waals surface area contributed by atoms with Gasteiger partial charge in [-0.15, -0.1) is 0 Å². The minimum absolute atomic E-state index is 0.142. The maximum absolute atomic E-state index is 12.6. The van der Waals surface area contributed by atoms with Gasteiger partial charge in [-0.2, -0.15) is 17.0 Å². The van der Waals surface area contributed by atoms with Crippen LogP contribution in [0.2, 0.25) is 0 Å². The fraction of sp³-hybridized carbons (Fsp3) is 0.750. The summed E-state index contributed by atoms with van der Waals surface area (Å²) in [5, 5.41) is 3.40. The number of hydrogen-bond acceptors (Lipinski definition) is 6. The van der Waals surface area contributed by atoms with Crippen molar-refractivity contribution in [2.75, 3.05) is 45.7 Å². The molecule has 1 aromatic rings. The number of aromatic nitrogens is 2. The van der Waals surface area contributed by atoms with E-state index >= 15 is 0 Å². The second-order valence-corrected chi connectivity index (χ2v) is 8.50. The molecular formula is C16H30N6O2S. The third-order valence-corrected chi connectivity index (χ3v) is 6.51. The van der Waals surface area contributed by atoms with Crippen LogP contribution >= 0.6 is 0 Å². The van der Waals surface area contributed by atoms with Crippen LogP contribution in [-0.4, -0.2) is 67.8 Å². The van der Waals surface area contributed by atoms with Crippen molar-refractivity contribution in [3.8, 4) is 0 Å². The quantitative estimate of drug-likeness (QED) is 0.735. The van der Waals surface area contributed by atoms with E-state index in [1.807, 2.05) is 38.9 Å². The maximum atomic E-state index is 12.6. The molecule has 1 aliphatic heterocycles. The highest BCUT2D eigenvalue weighted by atomic mass is 32.2. The zero-order valence-corrected chi connectivity index (χ0v) is 16.7. The van der Waals surface area contributed by atoms with Gasteiger partial charge in [-0.3, -0.25) is 0 Å². The minimum atomic E-state index is -3.49. The lowest BCUT2D eigenvalue weighted by Crippen LogP contribution is -2.41. The lowest BCUT2D eigenvalue weighted by Gasteiger charge is -2.26. The molecule has 0 aromatic carbocycles. The third kappa shape index (κ3) is 4.66. The lowest BCUT2D eigenvalue weighted by atomic mass is 10.2. The van der Waals surface area contributed by atoms with E-state index in [0.717, 1.165) is 31.0 Å². The van der Waals surface area contributed by atoms with Crippen molar-refractivity contribution >= 4 is 16.0 Å². The zero-order valence-electron chi connectivity index (χ0n) is 15.9. The van der Waals surface area contributed by atoms with Crippen molar-refractivity contribution in [1.82, 2.24) is 23.9 Å². The van der Waals surface area contributed by atoms with Crippen molar-refractivity contribution in [1.29, 1.82) is 0 Å². The largest absolute Gasteiger partial charge is 0.363 e. The molecule has 1 aromatic heterocycles. The zero-order chi connectivity index (χ0) is 18.6. The molecule has 1 atom stereocenters. The molecule has 2 heterocycles. The van der Waals surface area contributed by atoms with E-state index in [-0.39, 0.29) is 12.6 Å². The second kappa shape index (κ2) is 8.39. The van der Waals surface area contributed by atoms with Crippen LogP contribution in [0.25, 0.3) is 0 Å². The van der Waals surface area contributed by atoms with Crippen LogP contribution in [0.1, 0.15) is 44.2 Å². The van der Waals surface area contributed by atoms with E-state index in [0.29, 0.717) is 18.8 Å². The lowest BCUT2D eigenvalue weighted by molar-refractivity contribution is 0.372. The Morgan fingerprint density at radius 1 is 1.20 bits per heavy atom. The summed E-state index contributed by atoms with van der Waals surface area (Å²) in [6, 6.07) is 2.00. The highest BCUT2D eigenvalue weighted by Gasteiger charge is 2.26. The van der Waals surface area contributed by atoms with Crippen molar-refractivity contribution in [3.63, 3.8) is 0 Å². The van der Waals surface area contributed by atoms with Gasteiger partial charge in [-0.25, -0.2) is 9.97 Å². The molecule has 9 heteroatoms. The first-order valence-corrected chi connectivity index (χ1v) is 10.2. The van der Waals surface area contributed by atoms with Gasteiger partial charge < -0.3 is 10.2 Å². The number of nitrogens with zero attached hydrogens (tertiary/aromatic N) is 5. The van der Waals surface area contributed by atoms with E-state index < -0.39 is 10.2 Å². The smallest absolute Gasteiger partial charge is 0.282 e. The predicted molar refractivity (Wildman–Crippen MR) is 99.6 cm³/mol. The van der Waals surface area contributed by atoms with E-state index in [1.54, 1.807) is 7.05 Å². The number of anilines is 1. The summed E-state index contributed by atoms with van der Waals surface area (Å²) in [6.45, 7) is 5.77. The minimum Gasteiger partial charge on any atom is -0.363 e. The van der Waals surface area contributed by atoms with Crippen molar-refractivity contribution < 1.29 is 8.42 Å². The van der Waals surface area contributed by atoms with Gasteiger partial charge in [0.1, 0.15) is 11.6 Å². The normalized spacial score (nSPS) is 18.3. The molecule has 2 rings (SSSR count). The molecule has 0 saturated carbocycles. The highest BCUT2D eigenvalue weighted by Crippen LogP contribution is 2.23. The molecule has 1 fully saturated rings. The molecule has 1 N–H and O–H groups in total. The van der Waals surface area contributed by atoms with E-state index in [2.05, 4.69) is 15.3 Å². The summed E-state index contributed by atoms with van der Waals surface area (Å²) < 4.78 is 28.1. The van der Waals surface area contributed by atoms with Gasteiger partial charge in [0.05, 0.1) is 18.3 Å². The molecular weight excluding hydrogens is 340 g/mol. The standard InChI is InChI=1S/C16H30N6O2S/c1-6-22(7-2)25(23,24)21(5)12-13-11-15(20(3)4)19-16(18-13)14-9-8-10-17-14/h11,14,17H,6-10,12H2,1-5H3/t14-/m1/s1. The number of rotatable bonds is 8. The van der Waals surface area contributed by atoms with Crippen molar-refractivity contribution in [2.24, 2.45) is 0 Å². The maximum Gasteiger partial charge on any atom is 0.282 e. The Morgan fingerprint density at radius 2 is 1.88 bits per heavy atom. The molecule has 0 amide bonds. The molecule has 142 valence electrons. The first-order chi connectivity index (χ1) is 11.8. The van der Waals surface area contributed by atoms with Gasteiger partial charge in [0, 0.05) is 40.3 Å². The molecule has 8 nitrogen and oxygen atoms in total.